The first-order valence-corrected chi connectivity index (χ1v) is 26.4. The largest absolute Gasteiger partial charge is 0.0713 e. The number of benzene rings is 12. The van der Waals surface area contributed by atoms with Crippen LogP contribution in [0.4, 0.5) is 0 Å². The van der Waals surface area contributed by atoms with Crippen LogP contribution in [0.25, 0.3) is 66.1 Å². The van der Waals surface area contributed by atoms with Crippen LogP contribution in [0.3, 0.4) is 0 Å². The van der Waals surface area contributed by atoms with Gasteiger partial charge in [0.05, 0.1) is 10.8 Å². The van der Waals surface area contributed by atoms with E-state index in [4.69, 9.17) is 0 Å². The van der Waals surface area contributed by atoms with Gasteiger partial charge in [0.1, 0.15) is 0 Å². The molecule has 12 aromatic rings. The van der Waals surface area contributed by atoms with Crippen molar-refractivity contribution in [1.82, 2.24) is 0 Å². The molecule has 0 radical (unpaired) electrons. The fraction of sp³-hybridized carbons (Fsp3) is 0.0811. The molecule has 0 fully saturated rings. The first-order valence-electron chi connectivity index (χ1n) is 26.4. The fourth-order valence-electron chi connectivity index (χ4n) is 12.1. The van der Waals surface area contributed by atoms with E-state index in [1.807, 2.05) is 27.7 Å². The van der Waals surface area contributed by atoms with Crippen LogP contribution in [-0.2, 0) is 10.8 Å². The van der Waals surface area contributed by atoms with Gasteiger partial charge in [0, 0.05) is 0 Å². The van der Waals surface area contributed by atoms with Crippen LogP contribution in [0.15, 0.2) is 291 Å². The number of hydrogen-bond donors (Lipinski definition) is 0. The van der Waals surface area contributed by atoms with Crippen molar-refractivity contribution in [2.24, 2.45) is 0 Å². The van der Waals surface area contributed by atoms with Crippen molar-refractivity contribution in [1.29, 1.82) is 0 Å². The highest BCUT2D eigenvalue weighted by molar-refractivity contribution is 5.98. The van der Waals surface area contributed by atoms with Gasteiger partial charge in [-0.2, -0.15) is 0 Å². The summed E-state index contributed by atoms with van der Waals surface area (Å²) in [7, 11) is 0. The minimum absolute atomic E-state index is 0.360. The molecular weight excluding hydrogens is 889 g/mol. The predicted octanol–water partition coefficient (Wildman–Crippen LogP) is 19.8. The highest BCUT2D eigenvalue weighted by atomic mass is 14.5. The van der Waals surface area contributed by atoms with Gasteiger partial charge in [0.25, 0.3) is 0 Å². The van der Waals surface area contributed by atoms with E-state index in [0.29, 0.717) is 0 Å². The van der Waals surface area contributed by atoms with E-state index in [-0.39, 0.29) is 10.8 Å². The molecule has 12 aromatic carbocycles. The normalized spacial score (nSPS) is 12.8. The lowest BCUT2D eigenvalue weighted by Gasteiger charge is -2.34. The Balaban J connectivity index is 0.000000149. The van der Waals surface area contributed by atoms with E-state index in [9.17, 15) is 0 Å². The summed E-state index contributed by atoms with van der Waals surface area (Å²) < 4.78 is 0. The summed E-state index contributed by atoms with van der Waals surface area (Å²) in [6.45, 7) is 8.00. The van der Waals surface area contributed by atoms with Gasteiger partial charge in [-0.1, -0.05) is 301 Å². The molecule has 0 atom stereocenters. The molecule has 14 rings (SSSR count). The average Bonchev–Trinajstić information content (AvgIpc) is 3.97. The van der Waals surface area contributed by atoms with E-state index >= 15 is 0 Å². The van der Waals surface area contributed by atoms with Crippen LogP contribution in [0.5, 0.6) is 0 Å². The van der Waals surface area contributed by atoms with E-state index in [0.717, 1.165) is 0 Å². The molecule has 2 aliphatic rings. The lowest BCUT2D eigenvalue weighted by atomic mass is 9.67. The quantitative estimate of drug-likeness (QED) is 0.156. The van der Waals surface area contributed by atoms with Gasteiger partial charge in [-0.05, 0) is 129 Å². The lowest BCUT2D eigenvalue weighted by molar-refractivity contribution is 0.768. The second-order valence-corrected chi connectivity index (χ2v) is 18.7. The van der Waals surface area contributed by atoms with E-state index in [1.165, 1.54) is 111 Å². The summed E-state index contributed by atoms with van der Waals surface area (Å²) in [4.78, 5) is 0. The van der Waals surface area contributed by atoms with E-state index in [1.54, 1.807) is 0 Å². The van der Waals surface area contributed by atoms with Crippen molar-refractivity contribution in [2.45, 2.75) is 38.5 Å². The molecule has 0 heterocycles. The summed E-state index contributed by atoms with van der Waals surface area (Å²) in [5.41, 5.74) is 20.2. The van der Waals surface area contributed by atoms with E-state index in [2.05, 4.69) is 291 Å². The maximum Gasteiger partial charge on any atom is 0.0713 e. The monoisotopic (exact) mass is 948 g/mol. The molecule has 356 valence electrons. The smallest absolute Gasteiger partial charge is 0.0683 e. The Kier molecular flexibility index (Phi) is 13.3. The highest BCUT2D eigenvalue weighted by Crippen LogP contribution is 2.59. The Morgan fingerprint density at radius 2 is 0.541 bits per heavy atom. The standard InChI is InChI=1S/2C35H24.2C2H6/c1-3-14-28(15-4-1)35(29-16-5-2-6-17-29)32-20-10-9-18-31(32)34-30(19-11-21-33(34)35)27-23-22-25-12-7-8-13-26(25)24-27;1-3-13-29(14-4-1)35(30-15-5-2-6-16-30)33-18-10-9-17-31(33)32-22-21-28(24-34(32)35)27-20-19-25-11-7-8-12-26(25)23-27;2*1-2/h2*1-24H;2*1-2H3. The zero-order valence-electron chi connectivity index (χ0n) is 42.7. The van der Waals surface area contributed by atoms with Crippen molar-refractivity contribution in [3.05, 3.63) is 336 Å². The molecule has 0 N–H and O–H groups in total. The Morgan fingerprint density at radius 1 is 0.203 bits per heavy atom. The zero-order valence-corrected chi connectivity index (χ0v) is 42.7. The van der Waals surface area contributed by atoms with Crippen molar-refractivity contribution in [3.8, 4) is 44.5 Å². The van der Waals surface area contributed by atoms with Crippen LogP contribution in [0, 0.1) is 0 Å². The summed E-state index contributed by atoms with van der Waals surface area (Å²) in [5.74, 6) is 0. The summed E-state index contributed by atoms with van der Waals surface area (Å²) in [6, 6.07) is 107. The molecule has 0 amide bonds. The molecule has 0 saturated heterocycles. The number of fused-ring (bicyclic) bond motifs is 8. The molecule has 0 nitrogen and oxygen atoms in total. The first kappa shape index (κ1) is 47.5. The second kappa shape index (κ2) is 20.7. The number of rotatable bonds is 6. The molecule has 0 bridgehead atoms. The average molecular weight is 949 g/mol. The van der Waals surface area contributed by atoms with Crippen molar-refractivity contribution in [2.75, 3.05) is 0 Å². The predicted molar refractivity (Wildman–Crippen MR) is 316 cm³/mol. The topological polar surface area (TPSA) is 0 Å². The van der Waals surface area contributed by atoms with Gasteiger partial charge in [-0.15, -0.1) is 0 Å². The Labute approximate surface area is 438 Å². The van der Waals surface area contributed by atoms with Gasteiger partial charge >= 0.3 is 0 Å². The first-order chi connectivity index (χ1) is 36.7. The summed E-state index contributed by atoms with van der Waals surface area (Å²) in [6.07, 6.45) is 0. The summed E-state index contributed by atoms with van der Waals surface area (Å²) >= 11 is 0. The minimum Gasteiger partial charge on any atom is -0.0683 e. The van der Waals surface area contributed by atoms with Gasteiger partial charge in [0.15, 0.2) is 0 Å². The Morgan fingerprint density at radius 3 is 1.07 bits per heavy atom. The van der Waals surface area contributed by atoms with Crippen LogP contribution in [0.1, 0.15) is 72.2 Å². The second-order valence-electron chi connectivity index (χ2n) is 18.7. The van der Waals surface area contributed by atoms with Gasteiger partial charge in [0.2, 0.25) is 0 Å². The molecule has 0 saturated carbocycles. The third-order valence-electron chi connectivity index (χ3n) is 15.1. The van der Waals surface area contributed by atoms with Crippen molar-refractivity contribution in [3.63, 3.8) is 0 Å². The molecule has 74 heavy (non-hydrogen) atoms. The van der Waals surface area contributed by atoms with Gasteiger partial charge in [-0.25, -0.2) is 0 Å². The maximum atomic E-state index is 2.43. The molecule has 0 aromatic heterocycles. The Bertz CT molecular complexity index is 3710. The summed E-state index contributed by atoms with van der Waals surface area (Å²) in [5, 5.41) is 5.08. The Hall–Kier alpha value is -8.84. The number of hydrogen-bond acceptors (Lipinski definition) is 0. The molecular formula is C74H60. The maximum absolute atomic E-state index is 2.43. The molecule has 0 heteroatoms. The molecule has 0 unspecified atom stereocenters. The molecule has 2 aliphatic carbocycles. The fourth-order valence-corrected chi connectivity index (χ4v) is 12.1. The molecule has 0 spiro atoms. The minimum atomic E-state index is -0.360. The SMILES string of the molecule is CC.CC.c1ccc(C2(c3ccccc3)c3ccccc3-c3c(-c4ccc5ccccc5c4)cccc32)cc1.c1ccc(C2(c3ccccc3)c3ccccc3-c3ccc(-c4ccc5ccccc5c4)cc32)cc1. The van der Waals surface area contributed by atoms with E-state index < -0.39 is 0 Å². The van der Waals surface area contributed by atoms with Crippen LogP contribution in [0.2, 0.25) is 0 Å². The van der Waals surface area contributed by atoms with Crippen molar-refractivity contribution < 1.29 is 0 Å². The van der Waals surface area contributed by atoms with Crippen LogP contribution in [-0.4, -0.2) is 0 Å². The van der Waals surface area contributed by atoms with Crippen LogP contribution >= 0.6 is 0 Å². The van der Waals surface area contributed by atoms with Gasteiger partial charge < -0.3 is 0 Å². The highest BCUT2D eigenvalue weighted by Gasteiger charge is 2.48. The lowest BCUT2D eigenvalue weighted by Crippen LogP contribution is -2.28. The zero-order chi connectivity index (χ0) is 50.5. The molecule has 0 aliphatic heterocycles. The van der Waals surface area contributed by atoms with Gasteiger partial charge in [-0.3, -0.25) is 0 Å². The van der Waals surface area contributed by atoms with Crippen molar-refractivity contribution >= 4 is 21.5 Å². The third kappa shape index (κ3) is 7.86. The van der Waals surface area contributed by atoms with Crippen LogP contribution < -0.4 is 0 Å². The third-order valence-corrected chi connectivity index (χ3v) is 15.1.